The van der Waals surface area contributed by atoms with Crippen LogP contribution in [-0.2, 0) is 42.9 Å². The summed E-state index contributed by atoms with van der Waals surface area (Å²) >= 11 is 0. The van der Waals surface area contributed by atoms with Crippen molar-refractivity contribution in [1.29, 1.82) is 0 Å². The maximum absolute atomic E-state index is 12.1. The maximum atomic E-state index is 12.1. The molecule has 0 N–H and O–H groups in total. The van der Waals surface area contributed by atoms with Gasteiger partial charge in [0.15, 0.2) is 12.2 Å². The highest BCUT2D eigenvalue weighted by molar-refractivity contribution is 5.71. The van der Waals surface area contributed by atoms with Crippen molar-refractivity contribution in [2.24, 2.45) is 0 Å². The van der Waals surface area contributed by atoms with Gasteiger partial charge in [-0.05, 0) is 25.7 Å². The summed E-state index contributed by atoms with van der Waals surface area (Å²) in [6.07, 6.45) is 5.84. The van der Waals surface area contributed by atoms with Crippen molar-refractivity contribution in [3.05, 3.63) is 0 Å². The molecular formula is C26H46O9. The molecule has 9 nitrogen and oxygen atoms in total. The van der Waals surface area contributed by atoms with Crippen LogP contribution in [0, 0.1) is 0 Å². The smallest absolute Gasteiger partial charge is 0.306 e. The van der Waals surface area contributed by atoms with Crippen molar-refractivity contribution in [3.63, 3.8) is 0 Å². The fourth-order valence-corrected chi connectivity index (χ4v) is 2.85. The molecule has 0 aromatic carbocycles. The number of unbranched alkanes of at least 4 members (excludes halogenated alkanes) is 4. The Balaban J connectivity index is 4.89. The van der Waals surface area contributed by atoms with Gasteiger partial charge in [-0.1, -0.05) is 53.4 Å². The third kappa shape index (κ3) is 19.8. The first-order valence-corrected chi connectivity index (χ1v) is 13.1. The zero-order chi connectivity index (χ0) is 26.3. The van der Waals surface area contributed by atoms with E-state index in [0.29, 0.717) is 25.7 Å². The summed E-state index contributed by atoms with van der Waals surface area (Å²) in [6.45, 7) is 7.57. The fraction of sp³-hybridized carbons (Fsp3) is 0.846. The highest BCUT2D eigenvalue weighted by Gasteiger charge is 2.21. The van der Waals surface area contributed by atoms with Crippen LogP contribution in [0.3, 0.4) is 0 Å². The average molecular weight is 503 g/mol. The Morgan fingerprint density at radius 2 is 0.800 bits per heavy atom. The van der Waals surface area contributed by atoms with Gasteiger partial charge in [-0.2, -0.15) is 0 Å². The van der Waals surface area contributed by atoms with Gasteiger partial charge >= 0.3 is 23.9 Å². The van der Waals surface area contributed by atoms with Gasteiger partial charge in [-0.3, -0.25) is 19.2 Å². The quantitative estimate of drug-likeness (QED) is 0.154. The van der Waals surface area contributed by atoms with Gasteiger partial charge in [0.2, 0.25) is 0 Å². The van der Waals surface area contributed by atoms with Crippen molar-refractivity contribution in [1.82, 2.24) is 0 Å². The van der Waals surface area contributed by atoms with Crippen LogP contribution >= 0.6 is 0 Å². The molecule has 0 radical (unpaired) electrons. The highest BCUT2D eigenvalue weighted by atomic mass is 16.6. The fourth-order valence-electron chi connectivity index (χ4n) is 2.85. The third-order valence-electron chi connectivity index (χ3n) is 5.00. The third-order valence-corrected chi connectivity index (χ3v) is 5.00. The van der Waals surface area contributed by atoms with E-state index in [2.05, 4.69) is 0 Å². The maximum Gasteiger partial charge on any atom is 0.306 e. The monoisotopic (exact) mass is 502 g/mol. The largest absolute Gasteiger partial charge is 0.462 e. The predicted molar refractivity (Wildman–Crippen MR) is 131 cm³/mol. The second-order valence-corrected chi connectivity index (χ2v) is 8.54. The van der Waals surface area contributed by atoms with Gasteiger partial charge in [0.25, 0.3) is 0 Å². The van der Waals surface area contributed by atoms with E-state index < -0.39 is 24.1 Å². The molecule has 0 spiro atoms. The molecule has 0 bridgehead atoms. The number of hydrogen-bond acceptors (Lipinski definition) is 9. The Hall–Kier alpha value is -2.16. The Labute approximate surface area is 210 Å². The molecule has 0 aliphatic carbocycles. The van der Waals surface area contributed by atoms with E-state index in [0.717, 1.165) is 38.5 Å². The molecule has 0 saturated heterocycles. The molecule has 0 fully saturated rings. The lowest BCUT2D eigenvalue weighted by atomic mass is 10.2. The Morgan fingerprint density at radius 1 is 0.486 bits per heavy atom. The van der Waals surface area contributed by atoms with E-state index in [-0.39, 0.29) is 51.2 Å². The molecule has 0 aromatic rings. The number of esters is 4. The number of carbonyl (C=O) groups excluding carboxylic acids is 4. The molecule has 0 heterocycles. The molecule has 2 unspecified atom stereocenters. The van der Waals surface area contributed by atoms with Gasteiger partial charge in [0.1, 0.15) is 13.2 Å². The standard InChI is InChI=1S/C26H46O9/c1-5-9-13-23(27)32-19-21(34-25(29)15-11-7-3)17-31-18-22(35-26(30)16-12-8-4)20-33-24(28)14-10-6-2/h21-22H,5-20H2,1-4H3. The molecule has 0 saturated carbocycles. The Bertz CT molecular complexity index is 541. The SMILES string of the molecule is CCCCC(=O)OCC(COCC(COC(=O)CCCC)OC(=O)CCCC)OC(=O)CCCC. The lowest BCUT2D eigenvalue weighted by Crippen LogP contribution is -2.34. The van der Waals surface area contributed by atoms with Crippen LogP contribution in [0.15, 0.2) is 0 Å². The van der Waals surface area contributed by atoms with Crippen molar-refractivity contribution in [3.8, 4) is 0 Å². The first-order chi connectivity index (χ1) is 16.9. The summed E-state index contributed by atoms with van der Waals surface area (Å²) < 4.78 is 27.0. The van der Waals surface area contributed by atoms with E-state index in [1.54, 1.807) is 0 Å². The molecular weight excluding hydrogens is 456 g/mol. The van der Waals surface area contributed by atoms with E-state index in [9.17, 15) is 19.2 Å². The zero-order valence-corrected chi connectivity index (χ0v) is 22.1. The first kappa shape index (κ1) is 32.8. The molecule has 0 aliphatic heterocycles. The summed E-state index contributed by atoms with van der Waals surface area (Å²) in [7, 11) is 0. The second-order valence-electron chi connectivity index (χ2n) is 8.54. The summed E-state index contributed by atoms with van der Waals surface area (Å²) in [5.41, 5.74) is 0. The summed E-state index contributed by atoms with van der Waals surface area (Å²) in [4.78, 5) is 47.9. The van der Waals surface area contributed by atoms with Crippen molar-refractivity contribution in [2.75, 3.05) is 26.4 Å². The van der Waals surface area contributed by atoms with Crippen LogP contribution in [-0.4, -0.2) is 62.5 Å². The number of hydrogen-bond donors (Lipinski definition) is 0. The van der Waals surface area contributed by atoms with E-state index >= 15 is 0 Å². The predicted octanol–water partition coefficient (Wildman–Crippen LogP) is 4.67. The van der Waals surface area contributed by atoms with Gasteiger partial charge < -0.3 is 23.7 Å². The van der Waals surface area contributed by atoms with Crippen LogP contribution in [0.1, 0.15) is 105 Å². The molecule has 204 valence electrons. The number of rotatable bonds is 22. The molecule has 0 amide bonds. The van der Waals surface area contributed by atoms with Crippen LogP contribution < -0.4 is 0 Å². The Kier molecular flexibility index (Phi) is 20.9. The van der Waals surface area contributed by atoms with Crippen molar-refractivity contribution < 1.29 is 42.9 Å². The number of ether oxygens (including phenoxy) is 5. The van der Waals surface area contributed by atoms with E-state index in [1.807, 2.05) is 27.7 Å². The minimum absolute atomic E-state index is 0.0499. The zero-order valence-electron chi connectivity index (χ0n) is 22.1. The topological polar surface area (TPSA) is 114 Å². The van der Waals surface area contributed by atoms with Crippen molar-refractivity contribution in [2.45, 2.75) is 117 Å². The van der Waals surface area contributed by atoms with Crippen LogP contribution in [0.4, 0.5) is 0 Å². The van der Waals surface area contributed by atoms with Gasteiger partial charge in [-0.15, -0.1) is 0 Å². The highest BCUT2D eigenvalue weighted by Crippen LogP contribution is 2.07. The summed E-state index contributed by atoms with van der Waals surface area (Å²) in [5.74, 6) is -1.50. The lowest BCUT2D eigenvalue weighted by Gasteiger charge is -2.21. The molecule has 0 aromatic heterocycles. The molecule has 2 atom stereocenters. The van der Waals surface area contributed by atoms with Gasteiger partial charge in [-0.25, -0.2) is 0 Å². The van der Waals surface area contributed by atoms with Crippen LogP contribution in [0.5, 0.6) is 0 Å². The van der Waals surface area contributed by atoms with Gasteiger partial charge in [0, 0.05) is 25.7 Å². The minimum atomic E-state index is -0.784. The Morgan fingerprint density at radius 3 is 1.11 bits per heavy atom. The lowest BCUT2D eigenvalue weighted by molar-refractivity contribution is -0.168. The average Bonchev–Trinajstić information content (AvgIpc) is 2.84. The summed E-state index contributed by atoms with van der Waals surface area (Å²) in [5, 5.41) is 0. The van der Waals surface area contributed by atoms with Crippen molar-refractivity contribution >= 4 is 23.9 Å². The van der Waals surface area contributed by atoms with E-state index in [4.69, 9.17) is 23.7 Å². The summed E-state index contributed by atoms with van der Waals surface area (Å²) in [6, 6.07) is 0. The molecule has 35 heavy (non-hydrogen) atoms. The molecule has 0 aliphatic rings. The van der Waals surface area contributed by atoms with Gasteiger partial charge in [0.05, 0.1) is 13.2 Å². The van der Waals surface area contributed by atoms with E-state index in [1.165, 1.54) is 0 Å². The minimum Gasteiger partial charge on any atom is -0.462 e. The second kappa shape index (κ2) is 22.3. The normalized spacial score (nSPS) is 12.5. The number of carbonyl (C=O) groups is 4. The van der Waals surface area contributed by atoms with Crippen LogP contribution in [0.25, 0.3) is 0 Å². The van der Waals surface area contributed by atoms with Crippen LogP contribution in [0.2, 0.25) is 0 Å². The first-order valence-electron chi connectivity index (χ1n) is 13.1. The molecule has 0 rings (SSSR count). The molecule has 9 heteroatoms.